The Bertz CT molecular complexity index is 867. The fourth-order valence-electron chi connectivity index (χ4n) is 4.37. The molecule has 162 valence electrons. The number of carbonyl (C=O) groups is 1. The van der Waals surface area contributed by atoms with Gasteiger partial charge in [-0.1, -0.05) is 0 Å². The predicted molar refractivity (Wildman–Crippen MR) is 118 cm³/mol. The van der Waals surface area contributed by atoms with Gasteiger partial charge in [0, 0.05) is 49.2 Å². The standard InChI is InChI=1S/C22H29N3O4S/c1-27-18-12-16(13-19(28-2)21(18)29-3)23-22(26)24-8-4-17(5-9-24)25-10-6-20-15(14-25)7-11-30-20/h7,11-13,17H,4-6,8-10,14H2,1-3H3,(H,23,26). The number of urea groups is 1. The number of rotatable bonds is 5. The molecule has 2 aliphatic rings. The first-order valence-corrected chi connectivity index (χ1v) is 11.2. The first kappa shape index (κ1) is 20.8. The molecule has 0 radical (unpaired) electrons. The normalized spacial score (nSPS) is 17.4. The summed E-state index contributed by atoms with van der Waals surface area (Å²) in [4.78, 5) is 18.8. The molecule has 1 fully saturated rings. The summed E-state index contributed by atoms with van der Waals surface area (Å²) in [5, 5.41) is 5.17. The minimum Gasteiger partial charge on any atom is -0.493 e. The summed E-state index contributed by atoms with van der Waals surface area (Å²) in [5.41, 5.74) is 2.10. The Hall–Kier alpha value is -2.45. The number of methoxy groups -OCH3 is 3. The highest BCUT2D eigenvalue weighted by molar-refractivity contribution is 7.10. The summed E-state index contributed by atoms with van der Waals surface area (Å²) < 4.78 is 16.1. The number of hydrogen-bond acceptors (Lipinski definition) is 6. The van der Waals surface area contributed by atoms with Gasteiger partial charge in [0.1, 0.15) is 0 Å². The van der Waals surface area contributed by atoms with E-state index in [1.54, 1.807) is 33.5 Å². The van der Waals surface area contributed by atoms with Crippen molar-refractivity contribution in [3.05, 3.63) is 34.0 Å². The Kier molecular flexibility index (Phi) is 6.34. The Morgan fingerprint density at radius 2 is 1.77 bits per heavy atom. The molecule has 8 heteroatoms. The van der Waals surface area contributed by atoms with Crippen molar-refractivity contribution in [2.24, 2.45) is 0 Å². The lowest BCUT2D eigenvalue weighted by atomic mass is 10.00. The number of hydrogen-bond donors (Lipinski definition) is 1. The zero-order valence-corrected chi connectivity index (χ0v) is 18.6. The van der Waals surface area contributed by atoms with Gasteiger partial charge in [-0.2, -0.15) is 0 Å². The van der Waals surface area contributed by atoms with Gasteiger partial charge in [-0.25, -0.2) is 4.79 Å². The average molecular weight is 432 g/mol. The molecule has 0 unspecified atom stereocenters. The molecule has 0 aliphatic carbocycles. The van der Waals surface area contributed by atoms with Gasteiger partial charge in [0.05, 0.1) is 27.0 Å². The van der Waals surface area contributed by atoms with Crippen LogP contribution in [-0.4, -0.2) is 62.8 Å². The summed E-state index contributed by atoms with van der Waals surface area (Å²) in [7, 11) is 4.69. The van der Waals surface area contributed by atoms with Crippen molar-refractivity contribution < 1.29 is 19.0 Å². The van der Waals surface area contributed by atoms with E-state index in [4.69, 9.17) is 14.2 Å². The molecule has 4 rings (SSSR count). The highest BCUT2D eigenvalue weighted by Gasteiger charge is 2.29. The van der Waals surface area contributed by atoms with Gasteiger partial charge in [0.15, 0.2) is 11.5 Å². The van der Waals surface area contributed by atoms with Crippen LogP contribution >= 0.6 is 11.3 Å². The maximum absolute atomic E-state index is 12.8. The van der Waals surface area contributed by atoms with Gasteiger partial charge < -0.3 is 24.4 Å². The molecule has 0 bridgehead atoms. The zero-order valence-electron chi connectivity index (χ0n) is 17.8. The zero-order chi connectivity index (χ0) is 21.1. The molecule has 1 aromatic carbocycles. The summed E-state index contributed by atoms with van der Waals surface area (Å²) >= 11 is 1.87. The van der Waals surface area contributed by atoms with Crippen LogP contribution in [0.1, 0.15) is 23.3 Å². The number of nitrogens with one attached hydrogen (secondary N) is 1. The molecule has 1 saturated heterocycles. The number of nitrogens with zero attached hydrogens (tertiary/aromatic N) is 2. The molecule has 0 spiro atoms. The molecule has 0 saturated carbocycles. The van der Waals surface area contributed by atoms with Crippen molar-refractivity contribution >= 4 is 23.1 Å². The molecule has 3 heterocycles. The van der Waals surface area contributed by atoms with Crippen molar-refractivity contribution in [3.63, 3.8) is 0 Å². The van der Waals surface area contributed by atoms with Crippen molar-refractivity contribution in [3.8, 4) is 17.2 Å². The van der Waals surface area contributed by atoms with E-state index in [9.17, 15) is 4.79 Å². The van der Waals surface area contributed by atoms with Gasteiger partial charge in [-0.05, 0) is 36.3 Å². The lowest BCUT2D eigenvalue weighted by Crippen LogP contribution is -2.48. The van der Waals surface area contributed by atoms with Crippen LogP contribution in [0.2, 0.25) is 0 Å². The third-order valence-corrected chi connectivity index (χ3v) is 7.04. The number of ether oxygens (including phenoxy) is 3. The Morgan fingerprint density at radius 1 is 1.07 bits per heavy atom. The topological polar surface area (TPSA) is 63.3 Å². The van der Waals surface area contributed by atoms with E-state index in [2.05, 4.69) is 21.7 Å². The van der Waals surface area contributed by atoms with E-state index in [1.807, 2.05) is 16.2 Å². The van der Waals surface area contributed by atoms with Crippen LogP contribution in [0.25, 0.3) is 0 Å². The number of fused-ring (bicyclic) bond motifs is 1. The fraction of sp³-hybridized carbons (Fsp3) is 0.500. The molecule has 1 N–H and O–H groups in total. The number of carbonyl (C=O) groups excluding carboxylic acids is 1. The highest BCUT2D eigenvalue weighted by atomic mass is 32.1. The van der Waals surface area contributed by atoms with Crippen LogP contribution in [0, 0.1) is 0 Å². The number of piperidine rings is 1. The maximum atomic E-state index is 12.8. The van der Waals surface area contributed by atoms with E-state index < -0.39 is 0 Å². The number of anilines is 1. The Morgan fingerprint density at radius 3 is 2.40 bits per heavy atom. The van der Waals surface area contributed by atoms with E-state index >= 15 is 0 Å². The minimum absolute atomic E-state index is 0.0958. The van der Waals surface area contributed by atoms with Crippen molar-refractivity contribution in [1.82, 2.24) is 9.80 Å². The summed E-state index contributed by atoms with van der Waals surface area (Å²) in [6.07, 6.45) is 3.15. The quantitative estimate of drug-likeness (QED) is 0.780. The third-order valence-electron chi connectivity index (χ3n) is 6.02. The minimum atomic E-state index is -0.0958. The van der Waals surface area contributed by atoms with Gasteiger partial charge >= 0.3 is 6.03 Å². The largest absolute Gasteiger partial charge is 0.493 e. The number of amides is 2. The van der Waals surface area contributed by atoms with Gasteiger partial charge in [-0.3, -0.25) is 4.90 Å². The molecule has 0 atom stereocenters. The highest BCUT2D eigenvalue weighted by Crippen LogP contribution is 2.40. The van der Waals surface area contributed by atoms with E-state index in [0.717, 1.165) is 45.4 Å². The van der Waals surface area contributed by atoms with Crippen LogP contribution in [0.4, 0.5) is 10.5 Å². The monoisotopic (exact) mass is 431 g/mol. The van der Waals surface area contributed by atoms with Crippen LogP contribution < -0.4 is 19.5 Å². The molecular formula is C22H29N3O4S. The van der Waals surface area contributed by atoms with Crippen LogP contribution in [0.15, 0.2) is 23.6 Å². The van der Waals surface area contributed by atoms with Gasteiger partial charge in [-0.15, -0.1) is 11.3 Å². The van der Waals surface area contributed by atoms with Crippen molar-refractivity contribution in [1.29, 1.82) is 0 Å². The predicted octanol–water partition coefficient (Wildman–Crippen LogP) is 3.83. The Balaban J connectivity index is 1.35. The van der Waals surface area contributed by atoms with Crippen molar-refractivity contribution in [2.45, 2.75) is 31.8 Å². The smallest absolute Gasteiger partial charge is 0.321 e. The van der Waals surface area contributed by atoms with E-state index in [-0.39, 0.29) is 6.03 Å². The van der Waals surface area contributed by atoms with Crippen LogP contribution in [0.5, 0.6) is 17.2 Å². The van der Waals surface area contributed by atoms with Crippen LogP contribution in [0.3, 0.4) is 0 Å². The third kappa shape index (κ3) is 4.20. The molecule has 30 heavy (non-hydrogen) atoms. The fourth-order valence-corrected chi connectivity index (χ4v) is 5.26. The van der Waals surface area contributed by atoms with E-state index in [0.29, 0.717) is 29.0 Å². The molecule has 2 aromatic rings. The Labute approximate surface area is 181 Å². The van der Waals surface area contributed by atoms with Crippen LogP contribution in [-0.2, 0) is 13.0 Å². The summed E-state index contributed by atoms with van der Waals surface area (Å²) in [6.45, 7) is 3.68. The first-order chi connectivity index (χ1) is 14.6. The van der Waals surface area contributed by atoms with Gasteiger partial charge in [0.25, 0.3) is 0 Å². The molecule has 1 aromatic heterocycles. The number of likely N-dealkylation sites (tertiary alicyclic amines) is 1. The van der Waals surface area contributed by atoms with Gasteiger partial charge in [0.2, 0.25) is 5.75 Å². The second-order valence-corrected chi connectivity index (χ2v) is 8.65. The molecule has 7 nitrogen and oxygen atoms in total. The maximum Gasteiger partial charge on any atom is 0.321 e. The molecule has 2 aliphatic heterocycles. The lowest BCUT2D eigenvalue weighted by Gasteiger charge is -2.40. The second-order valence-electron chi connectivity index (χ2n) is 7.65. The number of benzene rings is 1. The second kappa shape index (κ2) is 9.14. The summed E-state index contributed by atoms with van der Waals surface area (Å²) in [5.74, 6) is 1.54. The molecular weight excluding hydrogens is 402 g/mol. The summed E-state index contributed by atoms with van der Waals surface area (Å²) in [6, 6.07) is 6.20. The lowest BCUT2D eigenvalue weighted by molar-refractivity contribution is 0.111. The molecule has 2 amide bonds. The van der Waals surface area contributed by atoms with E-state index in [1.165, 1.54) is 10.4 Å². The van der Waals surface area contributed by atoms with Crippen molar-refractivity contribution in [2.75, 3.05) is 46.3 Å². The number of thiophene rings is 1. The first-order valence-electron chi connectivity index (χ1n) is 10.3. The average Bonchev–Trinajstić information content (AvgIpc) is 3.26. The SMILES string of the molecule is COc1cc(NC(=O)N2CCC(N3CCc4sccc4C3)CC2)cc(OC)c1OC.